The van der Waals surface area contributed by atoms with Crippen LogP contribution in [0.3, 0.4) is 0 Å². The lowest BCUT2D eigenvalue weighted by atomic mass is 9.88. The van der Waals surface area contributed by atoms with Gasteiger partial charge in [0.05, 0.1) is 17.6 Å². The number of carbonyl (C=O) groups is 1. The van der Waals surface area contributed by atoms with Gasteiger partial charge >= 0.3 is 0 Å². The monoisotopic (exact) mass is 315 g/mol. The minimum Gasteiger partial charge on any atom is -0.497 e. The number of rotatable bonds is 6. The maximum absolute atomic E-state index is 12.3. The number of benzene rings is 2. The van der Waals surface area contributed by atoms with Crippen LogP contribution >= 0.6 is 0 Å². The molecule has 0 aliphatic heterocycles. The molecule has 2 aromatic carbocycles. The molecule has 6 heteroatoms. The van der Waals surface area contributed by atoms with Crippen LogP contribution in [-0.2, 0) is 5.60 Å². The fraction of sp³-hybridized carbons (Fsp3) is 0.235. The fourth-order valence-corrected chi connectivity index (χ4v) is 2.25. The summed E-state index contributed by atoms with van der Waals surface area (Å²) >= 11 is 0. The summed E-state index contributed by atoms with van der Waals surface area (Å²) in [5.74, 6) is 0.371. The lowest BCUT2D eigenvalue weighted by Gasteiger charge is -2.23. The van der Waals surface area contributed by atoms with Gasteiger partial charge in [0.25, 0.3) is 5.69 Å². The Kier molecular flexibility index (Phi) is 4.76. The second-order valence-corrected chi connectivity index (χ2v) is 5.41. The van der Waals surface area contributed by atoms with Gasteiger partial charge in [0.15, 0.2) is 5.78 Å². The molecule has 1 atom stereocenters. The number of nitro groups is 1. The van der Waals surface area contributed by atoms with Crippen molar-refractivity contribution >= 4 is 11.5 Å². The summed E-state index contributed by atoms with van der Waals surface area (Å²) in [5.41, 5.74) is -0.854. The van der Waals surface area contributed by atoms with Gasteiger partial charge in [-0.3, -0.25) is 14.9 Å². The normalized spacial score (nSPS) is 13.2. The smallest absolute Gasteiger partial charge is 0.269 e. The van der Waals surface area contributed by atoms with E-state index in [1.54, 1.807) is 30.3 Å². The van der Waals surface area contributed by atoms with Gasteiger partial charge in [-0.15, -0.1) is 0 Å². The first-order chi connectivity index (χ1) is 10.8. The molecule has 0 bridgehead atoms. The van der Waals surface area contributed by atoms with Crippen LogP contribution in [0.2, 0.25) is 0 Å². The highest BCUT2D eigenvalue weighted by Gasteiger charge is 2.28. The second-order valence-electron chi connectivity index (χ2n) is 5.41. The Bertz CT molecular complexity index is 722. The van der Waals surface area contributed by atoms with Gasteiger partial charge in [0.1, 0.15) is 5.75 Å². The minimum absolute atomic E-state index is 0.125. The third-order valence-corrected chi connectivity index (χ3v) is 3.60. The molecule has 0 amide bonds. The molecule has 23 heavy (non-hydrogen) atoms. The number of ether oxygens (including phenoxy) is 1. The summed E-state index contributed by atoms with van der Waals surface area (Å²) in [4.78, 5) is 22.6. The number of nitrogens with zero attached hydrogens (tertiary/aromatic N) is 1. The van der Waals surface area contributed by atoms with Gasteiger partial charge in [-0.2, -0.15) is 0 Å². The quantitative estimate of drug-likeness (QED) is 0.502. The molecule has 0 aliphatic carbocycles. The van der Waals surface area contributed by atoms with E-state index >= 15 is 0 Å². The Hall–Kier alpha value is -2.73. The Morgan fingerprint density at radius 3 is 2.48 bits per heavy atom. The van der Waals surface area contributed by atoms with Crippen molar-refractivity contribution in [2.75, 3.05) is 7.11 Å². The maximum atomic E-state index is 12.3. The van der Waals surface area contributed by atoms with Crippen LogP contribution in [0.4, 0.5) is 5.69 Å². The zero-order chi connectivity index (χ0) is 17.0. The lowest BCUT2D eigenvalue weighted by molar-refractivity contribution is -0.385. The van der Waals surface area contributed by atoms with Crippen LogP contribution in [0, 0.1) is 10.1 Å². The number of aliphatic hydroxyl groups is 1. The van der Waals surface area contributed by atoms with Crippen LogP contribution in [0.25, 0.3) is 0 Å². The van der Waals surface area contributed by atoms with E-state index in [1.165, 1.54) is 32.2 Å². The van der Waals surface area contributed by atoms with Gasteiger partial charge in [-0.05, 0) is 36.8 Å². The molecule has 1 N–H and O–H groups in total. The molecule has 120 valence electrons. The van der Waals surface area contributed by atoms with Crippen LogP contribution in [0.15, 0.2) is 48.5 Å². The number of hydrogen-bond acceptors (Lipinski definition) is 5. The first-order valence-corrected chi connectivity index (χ1v) is 6.98. The molecule has 0 fully saturated rings. The SMILES string of the molecule is COc1ccc(C(=O)C[C@@](C)(O)c2cccc([N+](=O)[O-])c2)cc1. The standard InChI is InChI=1S/C17H17NO5/c1-17(20,13-4-3-5-14(10-13)18(21)22)11-16(19)12-6-8-15(23-2)9-7-12/h3-10,20H,11H2,1-2H3/t17-/m1/s1. The summed E-state index contributed by atoms with van der Waals surface area (Å²) in [5, 5.41) is 21.4. The molecule has 0 saturated heterocycles. The molecular formula is C17H17NO5. The number of non-ortho nitro benzene ring substituents is 1. The summed E-state index contributed by atoms with van der Waals surface area (Å²) in [6, 6.07) is 12.2. The van der Waals surface area contributed by atoms with Crippen molar-refractivity contribution in [2.24, 2.45) is 0 Å². The van der Waals surface area contributed by atoms with Crippen molar-refractivity contribution in [3.8, 4) is 5.75 Å². The maximum Gasteiger partial charge on any atom is 0.269 e. The number of methoxy groups -OCH3 is 1. The summed E-state index contributed by atoms with van der Waals surface area (Å²) < 4.78 is 5.03. The van der Waals surface area contributed by atoms with Crippen molar-refractivity contribution in [1.82, 2.24) is 0 Å². The second kappa shape index (κ2) is 6.58. The zero-order valence-corrected chi connectivity index (χ0v) is 12.9. The molecule has 0 unspecified atom stereocenters. The summed E-state index contributed by atoms with van der Waals surface area (Å²) in [6.45, 7) is 1.47. The molecule has 0 aromatic heterocycles. The highest BCUT2D eigenvalue weighted by atomic mass is 16.6. The number of nitro benzene ring substituents is 1. The van der Waals surface area contributed by atoms with E-state index in [9.17, 15) is 20.0 Å². The average molecular weight is 315 g/mol. The first kappa shape index (κ1) is 16.6. The van der Waals surface area contributed by atoms with E-state index in [2.05, 4.69) is 0 Å². The van der Waals surface area contributed by atoms with Crippen molar-refractivity contribution in [2.45, 2.75) is 18.9 Å². The molecular weight excluding hydrogens is 298 g/mol. The van der Waals surface area contributed by atoms with Gasteiger partial charge in [0.2, 0.25) is 0 Å². The van der Waals surface area contributed by atoms with E-state index in [0.29, 0.717) is 16.9 Å². The highest BCUT2D eigenvalue weighted by Crippen LogP contribution is 2.29. The van der Waals surface area contributed by atoms with E-state index in [4.69, 9.17) is 4.74 Å². The number of carbonyl (C=O) groups excluding carboxylic acids is 1. The van der Waals surface area contributed by atoms with Crippen LogP contribution < -0.4 is 4.74 Å². The molecule has 2 rings (SSSR count). The Morgan fingerprint density at radius 1 is 1.26 bits per heavy atom. The van der Waals surface area contributed by atoms with Gasteiger partial charge in [-0.1, -0.05) is 12.1 Å². The van der Waals surface area contributed by atoms with Crippen molar-refractivity contribution in [1.29, 1.82) is 0 Å². The van der Waals surface area contributed by atoms with E-state index in [-0.39, 0.29) is 17.9 Å². The van der Waals surface area contributed by atoms with Crippen LogP contribution in [-0.4, -0.2) is 22.9 Å². The highest BCUT2D eigenvalue weighted by molar-refractivity contribution is 5.96. The largest absolute Gasteiger partial charge is 0.497 e. The Balaban J connectivity index is 2.20. The number of ketones is 1. The predicted molar refractivity (Wildman–Crippen MR) is 84.6 cm³/mol. The third kappa shape index (κ3) is 3.92. The van der Waals surface area contributed by atoms with Crippen molar-refractivity contribution < 1.29 is 19.6 Å². The topological polar surface area (TPSA) is 89.7 Å². The Morgan fingerprint density at radius 2 is 1.91 bits per heavy atom. The van der Waals surface area contributed by atoms with Gasteiger partial charge in [0, 0.05) is 24.1 Å². The van der Waals surface area contributed by atoms with E-state index in [1.807, 2.05) is 0 Å². The predicted octanol–water partition coefficient (Wildman–Crippen LogP) is 3.08. The molecule has 0 aliphatic rings. The molecule has 0 saturated carbocycles. The van der Waals surface area contributed by atoms with Gasteiger partial charge < -0.3 is 9.84 Å². The first-order valence-electron chi connectivity index (χ1n) is 6.98. The van der Waals surface area contributed by atoms with E-state index < -0.39 is 10.5 Å². The number of hydrogen-bond donors (Lipinski definition) is 1. The molecule has 0 radical (unpaired) electrons. The molecule has 0 spiro atoms. The number of Topliss-reactive ketones (excluding diaryl/α,β-unsaturated/α-hetero) is 1. The van der Waals surface area contributed by atoms with Gasteiger partial charge in [-0.25, -0.2) is 0 Å². The van der Waals surface area contributed by atoms with Crippen LogP contribution in [0.5, 0.6) is 5.75 Å². The van der Waals surface area contributed by atoms with E-state index in [0.717, 1.165) is 0 Å². The van der Waals surface area contributed by atoms with Crippen molar-refractivity contribution in [3.05, 3.63) is 69.8 Å². The summed E-state index contributed by atoms with van der Waals surface area (Å²) in [7, 11) is 1.53. The average Bonchev–Trinajstić information content (AvgIpc) is 2.54. The van der Waals surface area contributed by atoms with Crippen LogP contribution in [0.1, 0.15) is 29.3 Å². The minimum atomic E-state index is -1.50. The lowest BCUT2D eigenvalue weighted by Crippen LogP contribution is -2.25. The zero-order valence-electron chi connectivity index (χ0n) is 12.9. The molecule has 2 aromatic rings. The molecule has 0 heterocycles. The fourth-order valence-electron chi connectivity index (χ4n) is 2.25. The van der Waals surface area contributed by atoms with Crippen molar-refractivity contribution in [3.63, 3.8) is 0 Å². The third-order valence-electron chi connectivity index (χ3n) is 3.60. The summed E-state index contributed by atoms with van der Waals surface area (Å²) in [6.07, 6.45) is -0.180. The Labute approximate surface area is 133 Å². The molecule has 6 nitrogen and oxygen atoms in total.